The van der Waals surface area contributed by atoms with Gasteiger partial charge in [0.05, 0.1) is 20.0 Å². The van der Waals surface area contributed by atoms with Crippen LogP contribution in [-0.2, 0) is 27.2 Å². The Morgan fingerprint density at radius 2 is 2.11 bits per heavy atom. The second kappa shape index (κ2) is 4.91. The number of esters is 1. The number of carboxylic acid groups (broad SMARTS) is 1. The lowest BCUT2D eigenvalue weighted by Crippen LogP contribution is -2.04. The Morgan fingerprint density at radius 1 is 1.33 bits per heavy atom. The maximum Gasteiger partial charge on any atom is 0.310 e. The van der Waals surface area contributed by atoms with Crippen molar-refractivity contribution < 1.29 is 19.4 Å². The minimum absolute atomic E-state index is 0.0290. The molecular weight excluding hydrogens is 234 g/mol. The van der Waals surface area contributed by atoms with E-state index in [2.05, 4.69) is 9.72 Å². The zero-order valence-corrected chi connectivity index (χ0v) is 9.90. The zero-order chi connectivity index (χ0) is 13.1. The van der Waals surface area contributed by atoms with Gasteiger partial charge in [0.1, 0.15) is 0 Å². The van der Waals surface area contributed by atoms with E-state index in [0.717, 1.165) is 16.5 Å². The maximum atomic E-state index is 11.3. The number of benzene rings is 1. The highest BCUT2D eigenvalue weighted by atomic mass is 16.5. The highest BCUT2D eigenvalue weighted by molar-refractivity contribution is 5.88. The Labute approximate surface area is 103 Å². The lowest BCUT2D eigenvalue weighted by atomic mass is 10.1. The topological polar surface area (TPSA) is 79.4 Å². The fourth-order valence-corrected chi connectivity index (χ4v) is 1.88. The van der Waals surface area contributed by atoms with Gasteiger partial charge >= 0.3 is 11.9 Å². The number of H-pyrrole nitrogens is 1. The Kier molecular flexibility index (Phi) is 3.32. The third kappa shape index (κ3) is 2.51. The third-order valence-corrected chi connectivity index (χ3v) is 2.75. The number of rotatable bonds is 4. The molecule has 0 aliphatic rings. The molecule has 0 spiro atoms. The summed E-state index contributed by atoms with van der Waals surface area (Å²) in [6.07, 6.45) is 1.89. The third-order valence-electron chi connectivity index (χ3n) is 2.75. The summed E-state index contributed by atoms with van der Waals surface area (Å²) in [5.41, 5.74) is 2.40. The van der Waals surface area contributed by atoms with Gasteiger partial charge in [0.15, 0.2) is 0 Å². The molecule has 5 nitrogen and oxygen atoms in total. The van der Waals surface area contributed by atoms with Gasteiger partial charge in [0.2, 0.25) is 0 Å². The Hall–Kier alpha value is -2.30. The highest BCUT2D eigenvalue weighted by Gasteiger charge is 2.10. The van der Waals surface area contributed by atoms with Crippen LogP contribution in [0.1, 0.15) is 11.1 Å². The Balaban J connectivity index is 2.36. The van der Waals surface area contributed by atoms with Crippen LogP contribution >= 0.6 is 0 Å². The number of nitrogens with one attached hydrogen (secondary N) is 1. The van der Waals surface area contributed by atoms with Crippen LogP contribution in [0, 0.1) is 0 Å². The second-order valence-corrected chi connectivity index (χ2v) is 4.02. The first-order valence-electron chi connectivity index (χ1n) is 5.47. The first-order chi connectivity index (χ1) is 8.60. The molecule has 0 unspecified atom stereocenters. The molecule has 18 heavy (non-hydrogen) atoms. The number of carbonyl (C=O) groups is 2. The fraction of sp³-hybridized carbons (Fsp3) is 0.231. The van der Waals surface area contributed by atoms with Gasteiger partial charge in [-0.1, -0.05) is 6.07 Å². The lowest BCUT2D eigenvalue weighted by Gasteiger charge is -2.00. The van der Waals surface area contributed by atoms with Crippen molar-refractivity contribution in [3.63, 3.8) is 0 Å². The van der Waals surface area contributed by atoms with Crippen LogP contribution in [0.3, 0.4) is 0 Å². The highest BCUT2D eigenvalue weighted by Crippen LogP contribution is 2.21. The average Bonchev–Trinajstić information content (AvgIpc) is 2.71. The normalized spacial score (nSPS) is 10.5. The summed E-state index contributed by atoms with van der Waals surface area (Å²) in [5, 5.41) is 9.62. The summed E-state index contributed by atoms with van der Waals surface area (Å²) in [7, 11) is 1.34. The SMILES string of the molecule is COC(=O)Cc1c[nH]c2ccc(CC(=O)O)cc12. The van der Waals surface area contributed by atoms with Gasteiger partial charge in [-0.3, -0.25) is 9.59 Å². The Bertz CT molecular complexity index is 600. The summed E-state index contributed by atoms with van der Waals surface area (Å²) >= 11 is 0. The summed E-state index contributed by atoms with van der Waals surface area (Å²) < 4.78 is 4.62. The average molecular weight is 247 g/mol. The number of fused-ring (bicyclic) bond motifs is 1. The summed E-state index contributed by atoms with van der Waals surface area (Å²) in [6, 6.07) is 5.36. The van der Waals surface area contributed by atoms with Crippen LogP contribution in [0.5, 0.6) is 0 Å². The molecule has 2 N–H and O–H groups in total. The number of hydrogen-bond acceptors (Lipinski definition) is 3. The van der Waals surface area contributed by atoms with Crippen molar-refractivity contribution in [2.75, 3.05) is 7.11 Å². The minimum atomic E-state index is -0.876. The first-order valence-corrected chi connectivity index (χ1v) is 5.47. The molecule has 1 aromatic heterocycles. The van der Waals surface area contributed by atoms with Gasteiger partial charge in [-0.15, -0.1) is 0 Å². The molecule has 0 saturated carbocycles. The number of hydrogen-bond donors (Lipinski definition) is 2. The molecular formula is C13H13NO4. The molecule has 0 bridgehead atoms. The molecule has 0 saturated heterocycles. The monoisotopic (exact) mass is 247 g/mol. The molecule has 5 heteroatoms. The summed E-state index contributed by atoms with van der Waals surface area (Å²) in [6.45, 7) is 0. The molecule has 0 fully saturated rings. The summed E-state index contributed by atoms with van der Waals surface area (Å²) in [5.74, 6) is -1.20. The number of aromatic nitrogens is 1. The van der Waals surface area contributed by atoms with Gasteiger partial charge in [0.25, 0.3) is 0 Å². The van der Waals surface area contributed by atoms with Crippen LogP contribution in [0.4, 0.5) is 0 Å². The van der Waals surface area contributed by atoms with E-state index in [4.69, 9.17) is 5.11 Å². The standard InChI is InChI=1S/C13H13NO4/c1-18-13(17)6-9-7-14-11-3-2-8(4-10(9)11)5-12(15)16/h2-4,7,14H,5-6H2,1H3,(H,15,16). The van der Waals surface area contributed by atoms with Crippen molar-refractivity contribution in [2.45, 2.75) is 12.8 Å². The predicted octanol–water partition coefficient (Wildman–Crippen LogP) is 1.51. The van der Waals surface area contributed by atoms with Gasteiger partial charge < -0.3 is 14.8 Å². The van der Waals surface area contributed by atoms with Crippen molar-refractivity contribution >= 4 is 22.8 Å². The van der Waals surface area contributed by atoms with Crippen molar-refractivity contribution in [3.8, 4) is 0 Å². The minimum Gasteiger partial charge on any atom is -0.481 e. The summed E-state index contributed by atoms with van der Waals surface area (Å²) in [4.78, 5) is 25.0. The van der Waals surface area contributed by atoms with E-state index in [1.54, 1.807) is 18.3 Å². The maximum absolute atomic E-state index is 11.3. The number of carboxylic acids is 1. The second-order valence-electron chi connectivity index (χ2n) is 4.02. The van der Waals surface area contributed by atoms with E-state index in [9.17, 15) is 9.59 Å². The number of methoxy groups -OCH3 is 1. The van der Waals surface area contributed by atoms with Gasteiger partial charge in [-0.25, -0.2) is 0 Å². The van der Waals surface area contributed by atoms with Crippen LogP contribution in [0.2, 0.25) is 0 Å². The number of aliphatic carboxylic acids is 1. The molecule has 0 aliphatic carbocycles. The van der Waals surface area contributed by atoms with Crippen LogP contribution in [0.15, 0.2) is 24.4 Å². The number of ether oxygens (including phenoxy) is 1. The molecule has 2 aromatic rings. The lowest BCUT2D eigenvalue weighted by molar-refractivity contribution is -0.140. The van der Waals surface area contributed by atoms with E-state index < -0.39 is 5.97 Å². The van der Waals surface area contributed by atoms with E-state index >= 15 is 0 Å². The molecule has 94 valence electrons. The van der Waals surface area contributed by atoms with Crippen LogP contribution in [0.25, 0.3) is 10.9 Å². The molecule has 0 aliphatic heterocycles. The van der Waals surface area contributed by atoms with E-state index in [1.807, 2.05) is 6.07 Å². The molecule has 0 amide bonds. The zero-order valence-electron chi connectivity index (χ0n) is 9.90. The van der Waals surface area contributed by atoms with E-state index in [1.165, 1.54) is 7.11 Å². The van der Waals surface area contributed by atoms with Crippen LogP contribution in [-0.4, -0.2) is 29.1 Å². The quantitative estimate of drug-likeness (QED) is 0.802. The van der Waals surface area contributed by atoms with E-state index in [0.29, 0.717) is 5.56 Å². The van der Waals surface area contributed by atoms with Gasteiger partial charge in [0, 0.05) is 17.1 Å². The van der Waals surface area contributed by atoms with Gasteiger partial charge in [-0.2, -0.15) is 0 Å². The molecule has 0 atom stereocenters. The van der Waals surface area contributed by atoms with E-state index in [-0.39, 0.29) is 18.8 Å². The molecule has 1 heterocycles. The molecule has 1 aromatic carbocycles. The van der Waals surface area contributed by atoms with Crippen molar-refractivity contribution in [1.29, 1.82) is 0 Å². The predicted molar refractivity (Wildman–Crippen MR) is 65.4 cm³/mol. The first kappa shape index (κ1) is 12.2. The number of carbonyl (C=O) groups excluding carboxylic acids is 1. The number of aromatic amines is 1. The molecule has 0 radical (unpaired) electrons. The van der Waals surface area contributed by atoms with Crippen molar-refractivity contribution in [3.05, 3.63) is 35.5 Å². The molecule has 2 rings (SSSR count). The smallest absolute Gasteiger partial charge is 0.310 e. The van der Waals surface area contributed by atoms with Crippen molar-refractivity contribution in [2.24, 2.45) is 0 Å². The van der Waals surface area contributed by atoms with Crippen molar-refractivity contribution in [1.82, 2.24) is 4.98 Å². The van der Waals surface area contributed by atoms with Gasteiger partial charge in [-0.05, 0) is 23.3 Å². The Morgan fingerprint density at radius 3 is 2.78 bits per heavy atom. The largest absolute Gasteiger partial charge is 0.481 e. The van der Waals surface area contributed by atoms with Crippen LogP contribution < -0.4 is 0 Å². The fourth-order valence-electron chi connectivity index (χ4n) is 1.88.